The van der Waals surface area contributed by atoms with Gasteiger partial charge in [-0.05, 0) is 68.9 Å². The lowest BCUT2D eigenvalue weighted by Crippen LogP contribution is -2.38. The van der Waals surface area contributed by atoms with E-state index in [1.165, 1.54) is 29.2 Å². The summed E-state index contributed by atoms with van der Waals surface area (Å²) in [4.78, 5) is 30.0. The van der Waals surface area contributed by atoms with Gasteiger partial charge in [0.15, 0.2) is 11.5 Å². The fourth-order valence-electron chi connectivity index (χ4n) is 4.25. The standard InChI is InChI=1S/C27H33FN2O5/c1-5-29(6-2)15-16-30-24(19-11-14-21(34-7-3)22(17-19)35-8-4)23(26(32)27(30)33)25(31)18-9-12-20(28)13-10-18/h9-14,17,24,31H,5-8,15-16H2,1-4H3/b25-23+. The molecule has 1 unspecified atom stereocenters. The third-order valence-electron chi connectivity index (χ3n) is 6.09. The number of rotatable bonds is 11. The number of ketones is 1. The summed E-state index contributed by atoms with van der Waals surface area (Å²) in [5.74, 6) is -1.23. The van der Waals surface area contributed by atoms with Gasteiger partial charge in [-0.1, -0.05) is 19.9 Å². The van der Waals surface area contributed by atoms with E-state index in [4.69, 9.17) is 9.47 Å². The summed E-state index contributed by atoms with van der Waals surface area (Å²) in [6.45, 7) is 11.1. The van der Waals surface area contributed by atoms with Crippen LogP contribution in [0.1, 0.15) is 44.9 Å². The largest absolute Gasteiger partial charge is 0.507 e. The second kappa shape index (κ2) is 11.8. The molecule has 1 N–H and O–H groups in total. The number of nitrogens with zero attached hydrogens (tertiary/aromatic N) is 2. The smallest absolute Gasteiger partial charge is 0.295 e. The highest BCUT2D eigenvalue weighted by Crippen LogP contribution is 2.42. The average molecular weight is 485 g/mol. The molecule has 2 aromatic carbocycles. The van der Waals surface area contributed by atoms with Crippen molar-refractivity contribution in [3.63, 3.8) is 0 Å². The van der Waals surface area contributed by atoms with E-state index in [1.54, 1.807) is 18.2 Å². The number of hydrogen-bond donors (Lipinski definition) is 1. The van der Waals surface area contributed by atoms with Crippen LogP contribution in [-0.2, 0) is 9.59 Å². The van der Waals surface area contributed by atoms with Crippen LogP contribution in [0, 0.1) is 5.82 Å². The minimum absolute atomic E-state index is 0.0345. The predicted octanol–water partition coefficient (Wildman–Crippen LogP) is 4.39. The van der Waals surface area contributed by atoms with Crippen LogP contribution in [0.5, 0.6) is 11.5 Å². The lowest BCUT2D eigenvalue weighted by molar-refractivity contribution is -0.140. The average Bonchev–Trinajstić information content (AvgIpc) is 3.11. The number of carbonyl (C=O) groups is 2. The third kappa shape index (κ3) is 5.65. The molecule has 1 aliphatic heterocycles. The first kappa shape index (κ1) is 26.2. The second-order valence-electron chi connectivity index (χ2n) is 8.10. The van der Waals surface area contributed by atoms with E-state index in [2.05, 4.69) is 4.90 Å². The van der Waals surface area contributed by atoms with Gasteiger partial charge >= 0.3 is 0 Å². The number of likely N-dealkylation sites (N-methyl/N-ethyl adjacent to an activating group) is 1. The molecule has 0 aliphatic carbocycles. The van der Waals surface area contributed by atoms with E-state index in [1.807, 2.05) is 27.7 Å². The molecule has 2 aromatic rings. The van der Waals surface area contributed by atoms with E-state index >= 15 is 0 Å². The van der Waals surface area contributed by atoms with Crippen LogP contribution >= 0.6 is 0 Å². The molecule has 1 heterocycles. The summed E-state index contributed by atoms with van der Waals surface area (Å²) in [7, 11) is 0. The number of benzene rings is 2. The van der Waals surface area contributed by atoms with Crippen LogP contribution in [0.2, 0.25) is 0 Å². The van der Waals surface area contributed by atoms with Crippen LogP contribution in [-0.4, -0.2) is 66.0 Å². The zero-order chi connectivity index (χ0) is 25.5. The zero-order valence-electron chi connectivity index (χ0n) is 20.7. The highest BCUT2D eigenvalue weighted by atomic mass is 19.1. The Bertz CT molecular complexity index is 1080. The van der Waals surface area contributed by atoms with Crippen LogP contribution in [0.3, 0.4) is 0 Å². The second-order valence-corrected chi connectivity index (χ2v) is 8.10. The molecule has 8 heteroatoms. The Morgan fingerprint density at radius 3 is 2.20 bits per heavy atom. The van der Waals surface area contributed by atoms with Gasteiger partial charge in [0.25, 0.3) is 11.7 Å². The summed E-state index contributed by atoms with van der Waals surface area (Å²) in [6, 6.07) is 9.59. The topological polar surface area (TPSA) is 79.3 Å². The maximum Gasteiger partial charge on any atom is 0.295 e. The molecule has 0 bridgehead atoms. The maximum atomic E-state index is 13.5. The van der Waals surface area contributed by atoms with E-state index in [9.17, 15) is 19.1 Å². The van der Waals surface area contributed by atoms with Gasteiger partial charge in [0, 0.05) is 18.7 Å². The molecule has 0 radical (unpaired) electrons. The highest BCUT2D eigenvalue weighted by Gasteiger charge is 2.46. The molecule has 35 heavy (non-hydrogen) atoms. The van der Waals surface area contributed by atoms with Crippen molar-refractivity contribution in [2.45, 2.75) is 33.7 Å². The summed E-state index contributed by atoms with van der Waals surface area (Å²) in [5.41, 5.74) is 0.834. The Labute approximate surface area is 205 Å². The quantitative estimate of drug-likeness (QED) is 0.290. The van der Waals surface area contributed by atoms with Crippen molar-refractivity contribution in [3.05, 3.63) is 65.0 Å². The first-order chi connectivity index (χ1) is 16.9. The number of aliphatic hydroxyl groups is 1. The molecule has 1 aliphatic rings. The normalized spacial score (nSPS) is 17.3. The van der Waals surface area contributed by atoms with Gasteiger partial charge in [-0.25, -0.2) is 4.39 Å². The summed E-state index contributed by atoms with van der Waals surface area (Å²) < 4.78 is 24.9. The fraction of sp³-hybridized carbons (Fsp3) is 0.407. The zero-order valence-corrected chi connectivity index (χ0v) is 20.7. The van der Waals surface area contributed by atoms with Crippen molar-refractivity contribution in [1.29, 1.82) is 0 Å². The van der Waals surface area contributed by atoms with Gasteiger partial charge in [-0.15, -0.1) is 0 Å². The van der Waals surface area contributed by atoms with Crippen molar-refractivity contribution in [2.75, 3.05) is 39.4 Å². The summed E-state index contributed by atoms with van der Waals surface area (Å²) in [6.07, 6.45) is 0. The number of halogens is 1. The Balaban J connectivity index is 2.14. The third-order valence-corrected chi connectivity index (χ3v) is 6.09. The number of amides is 1. The van der Waals surface area contributed by atoms with Crippen LogP contribution in [0.25, 0.3) is 5.76 Å². The maximum absolute atomic E-state index is 13.5. The van der Waals surface area contributed by atoms with E-state index in [-0.39, 0.29) is 16.9 Å². The molecule has 1 saturated heterocycles. The van der Waals surface area contributed by atoms with Gasteiger partial charge < -0.3 is 24.4 Å². The Morgan fingerprint density at radius 1 is 0.971 bits per heavy atom. The van der Waals surface area contributed by atoms with Crippen molar-refractivity contribution in [1.82, 2.24) is 9.80 Å². The fourth-order valence-corrected chi connectivity index (χ4v) is 4.25. The highest BCUT2D eigenvalue weighted by molar-refractivity contribution is 6.46. The van der Waals surface area contributed by atoms with Gasteiger partial charge in [-0.2, -0.15) is 0 Å². The Hall–Kier alpha value is -3.39. The molecular formula is C27H33FN2O5. The number of hydrogen-bond acceptors (Lipinski definition) is 6. The van der Waals surface area contributed by atoms with Gasteiger partial charge in [0.2, 0.25) is 0 Å². The van der Waals surface area contributed by atoms with Crippen LogP contribution in [0.4, 0.5) is 4.39 Å². The molecule has 7 nitrogen and oxygen atoms in total. The number of carbonyl (C=O) groups excluding carboxylic acids is 2. The van der Waals surface area contributed by atoms with Crippen LogP contribution < -0.4 is 9.47 Å². The number of Topliss-reactive ketones (excluding diaryl/α,β-unsaturated/α-hetero) is 1. The number of likely N-dealkylation sites (tertiary alicyclic amines) is 1. The Morgan fingerprint density at radius 2 is 1.60 bits per heavy atom. The molecule has 0 saturated carbocycles. The van der Waals surface area contributed by atoms with Crippen LogP contribution in [0.15, 0.2) is 48.0 Å². The summed E-state index contributed by atoms with van der Waals surface area (Å²) in [5, 5.41) is 11.1. The lowest BCUT2D eigenvalue weighted by atomic mass is 9.95. The molecule has 3 rings (SSSR count). The minimum atomic E-state index is -0.828. The van der Waals surface area contributed by atoms with E-state index < -0.39 is 23.5 Å². The van der Waals surface area contributed by atoms with Gasteiger partial charge in [0.05, 0.1) is 24.8 Å². The molecular weight excluding hydrogens is 451 g/mol. The van der Waals surface area contributed by atoms with Crippen molar-refractivity contribution in [3.8, 4) is 11.5 Å². The predicted molar refractivity (Wildman–Crippen MR) is 132 cm³/mol. The van der Waals surface area contributed by atoms with Crippen molar-refractivity contribution < 1.29 is 28.6 Å². The van der Waals surface area contributed by atoms with Gasteiger partial charge in [0.1, 0.15) is 11.6 Å². The molecule has 0 aromatic heterocycles. The molecule has 1 atom stereocenters. The van der Waals surface area contributed by atoms with Crippen molar-refractivity contribution in [2.24, 2.45) is 0 Å². The first-order valence-corrected chi connectivity index (χ1v) is 12.0. The summed E-state index contributed by atoms with van der Waals surface area (Å²) >= 11 is 0. The molecule has 1 fully saturated rings. The van der Waals surface area contributed by atoms with E-state index in [0.717, 1.165) is 13.1 Å². The Kier molecular flexibility index (Phi) is 8.87. The van der Waals surface area contributed by atoms with E-state index in [0.29, 0.717) is 43.4 Å². The number of ether oxygens (including phenoxy) is 2. The minimum Gasteiger partial charge on any atom is -0.507 e. The monoisotopic (exact) mass is 484 g/mol. The molecule has 188 valence electrons. The lowest BCUT2D eigenvalue weighted by Gasteiger charge is -2.28. The van der Waals surface area contributed by atoms with Gasteiger partial charge in [-0.3, -0.25) is 9.59 Å². The first-order valence-electron chi connectivity index (χ1n) is 12.0. The molecule has 1 amide bonds. The van der Waals surface area contributed by atoms with Crippen molar-refractivity contribution >= 4 is 17.4 Å². The SMILES string of the molecule is CCOc1ccc(C2/C(=C(\O)c3ccc(F)cc3)C(=O)C(=O)N2CCN(CC)CC)cc1OCC. The molecule has 0 spiro atoms. The number of aliphatic hydroxyl groups excluding tert-OH is 1.